The van der Waals surface area contributed by atoms with E-state index in [-0.39, 0.29) is 17.9 Å². The molecular formula is C18H23N3O4. The molecule has 7 nitrogen and oxygen atoms in total. The fraction of sp³-hybridized carbons (Fsp3) is 0.500. The van der Waals surface area contributed by atoms with E-state index in [2.05, 4.69) is 0 Å². The molecule has 0 saturated carbocycles. The van der Waals surface area contributed by atoms with E-state index in [1.54, 1.807) is 27.8 Å². The van der Waals surface area contributed by atoms with Crippen LogP contribution < -0.4 is 4.90 Å². The predicted molar refractivity (Wildman–Crippen MR) is 92.8 cm³/mol. The monoisotopic (exact) mass is 345 g/mol. The number of benzene rings is 1. The second kappa shape index (κ2) is 6.06. The third-order valence-corrected chi connectivity index (χ3v) is 5.12. The Hall–Kier alpha value is -2.57. The molecule has 0 radical (unpaired) electrons. The highest BCUT2D eigenvalue weighted by molar-refractivity contribution is 6.08. The lowest BCUT2D eigenvalue weighted by atomic mass is 9.85. The first kappa shape index (κ1) is 17.3. The van der Waals surface area contributed by atoms with E-state index < -0.39 is 5.41 Å². The molecule has 2 heterocycles. The Kier molecular flexibility index (Phi) is 4.18. The second-order valence-electron chi connectivity index (χ2n) is 6.97. The van der Waals surface area contributed by atoms with Gasteiger partial charge < -0.3 is 19.4 Å². The van der Waals surface area contributed by atoms with Gasteiger partial charge in [-0.1, -0.05) is 0 Å². The van der Waals surface area contributed by atoms with Crippen molar-refractivity contribution in [1.29, 1.82) is 0 Å². The number of piperazine rings is 1. The summed E-state index contributed by atoms with van der Waals surface area (Å²) in [6, 6.07) is 5.42. The molecule has 3 rings (SSSR count). The van der Waals surface area contributed by atoms with Crippen LogP contribution in [-0.2, 0) is 14.9 Å². The first-order valence-corrected chi connectivity index (χ1v) is 8.32. The molecule has 1 aromatic rings. The average Bonchev–Trinajstić information content (AvgIpc) is 2.81. The molecule has 0 atom stereocenters. The van der Waals surface area contributed by atoms with Crippen LogP contribution in [0.3, 0.4) is 0 Å². The number of hydrogen-bond acceptors (Lipinski definition) is 4. The van der Waals surface area contributed by atoms with Gasteiger partial charge in [-0.05, 0) is 37.6 Å². The van der Waals surface area contributed by atoms with Gasteiger partial charge in [0.1, 0.15) is 0 Å². The molecule has 2 aliphatic rings. The lowest BCUT2D eigenvalue weighted by molar-refractivity contribution is -0.121. The molecular weight excluding hydrogens is 322 g/mol. The number of fused-ring (bicyclic) bond motifs is 1. The Balaban J connectivity index is 1.78. The topological polar surface area (TPSA) is 70.2 Å². The molecule has 0 aliphatic carbocycles. The number of ether oxygens (including phenoxy) is 1. The van der Waals surface area contributed by atoms with E-state index in [0.717, 1.165) is 11.3 Å². The molecule has 1 saturated heterocycles. The Labute approximate surface area is 147 Å². The zero-order chi connectivity index (χ0) is 18.4. The second-order valence-corrected chi connectivity index (χ2v) is 6.97. The third-order valence-electron chi connectivity index (χ3n) is 5.12. The highest BCUT2D eigenvalue weighted by Crippen LogP contribution is 2.41. The van der Waals surface area contributed by atoms with Crippen molar-refractivity contribution in [3.63, 3.8) is 0 Å². The van der Waals surface area contributed by atoms with Crippen LogP contribution >= 0.6 is 0 Å². The van der Waals surface area contributed by atoms with Crippen LogP contribution in [-0.4, -0.2) is 68.0 Å². The first-order chi connectivity index (χ1) is 11.8. The maximum atomic E-state index is 12.8. The zero-order valence-corrected chi connectivity index (χ0v) is 15.0. The average molecular weight is 345 g/mol. The molecule has 134 valence electrons. The van der Waals surface area contributed by atoms with E-state index >= 15 is 0 Å². The molecule has 1 fully saturated rings. The Morgan fingerprint density at radius 2 is 1.68 bits per heavy atom. The summed E-state index contributed by atoms with van der Waals surface area (Å²) < 4.78 is 4.71. The minimum Gasteiger partial charge on any atom is -0.453 e. The third kappa shape index (κ3) is 2.73. The van der Waals surface area contributed by atoms with Gasteiger partial charge in [0.25, 0.3) is 5.91 Å². The Morgan fingerprint density at radius 1 is 1.08 bits per heavy atom. The van der Waals surface area contributed by atoms with Gasteiger partial charge in [0.15, 0.2) is 0 Å². The molecule has 7 heteroatoms. The number of likely N-dealkylation sites (N-methyl/N-ethyl adjacent to an activating group) is 1. The Bertz CT molecular complexity index is 736. The van der Waals surface area contributed by atoms with Crippen molar-refractivity contribution in [2.45, 2.75) is 19.3 Å². The molecule has 0 spiro atoms. The van der Waals surface area contributed by atoms with Crippen molar-refractivity contribution in [3.05, 3.63) is 29.3 Å². The van der Waals surface area contributed by atoms with Crippen molar-refractivity contribution in [3.8, 4) is 0 Å². The largest absolute Gasteiger partial charge is 0.453 e. The number of carbonyl (C=O) groups excluding carboxylic acids is 3. The van der Waals surface area contributed by atoms with Gasteiger partial charge in [0.2, 0.25) is 5.91 Å². The van der Waals surface area contributed by atoms with Crippen molar-refractivity contribution < 1.29 is 19.1 Å². The van der Waals surface area contributed by atoms with Crippen LogP contribution in [0, 0.1) is 0 Å². The fourth-order valence-corrected chi connectivity index (χ4v) is 3.51. The number of rotatable bonds is 1. The van der Waals surface area contributed by atoms with E-state index in [1.807, 2.05) is 26.0 Å². The molecule has 0 aromatic heterocycles. The van der Waals surface area contributed by atoms with Gasteiger partial charge in [-0.2, -0.15) is 0 Å². The van der Waals surface area contributed by atoms with Gasteiger partial charge in [0.05, 0.1) is 12.5 Å². The molecule has 0 unspecified atom stereocenters. The number of amides is 3. The summed E-state index contributed by atoms with van der Waals surface area (Å²) in [5.74, 6) is -0.0519. The number of carbonyl (C=O) groups is 3. The number of methoxy groups -OCH3 is 1. The van der Waals surface area contributed by atoms with Crippen LogP contribution in [0.15, 0.2) is 18.2 Å². The van der Waals surface area contributed by atoms with E-state index in [9.17, 15) is 14.4 Å². The van der Waals surface area contributed by atoms with E-state index in [0.29, 0.717) is 31.7 Å². The van der Waals surface area contributed by atoms with Gasteiger partial charge in [0, 0.05) is 44.5 Å². The minimum absolute atomic E-state index is 0.0267. The summed E-state index contributed by atoms with van der Waals surface area (Å²) in [4.78, 5) is 41.7. The van der Waals surface area contributed by atoms with E-state index in [4.69, 9.17) is 4.74 Å². The normalized spacial score (nSPS) is 19.0. The molecule has 0 N–H and O–H groups in total. The molecule has 3 amide bonds. The molecule has 25 heavy (non-hydrogen) atoms. The molecule has 2 aliphatic heterocycles. The van der Waals surface area contributed by atoms with Crippen molar-refractivity contribution in [2.24, 2.45) is 0 Å². The summed E-state index contributed by atoms with van der Waals surface area (Å²) in [7, 11) is 3.11. The first-order valence-electron chi connectivity index (χ1n) is 8.32. The van der Waals surface area contributed by atoms with Crippen LogP contribution in [0.2, 0.25) is 0 Å². The van der Waals surface area contributed by atoms with Gasteiger partial charge >= 0.3 is 6.09 Å². The van der Waals surface area contributed by atoms with Gasteiger partial charge in [-0.15, -0.1) is 0 Å². The lowest BCUT2D eigenvalue weighted by Gasteiger charge is -2.34. The highest BCUT2D eigenvalue weighted by atomic mass is 16.5. The van der Waals surface area contributed by atoms with Crippen LogP contribution in [0.4, 0.5) is 10.5 Å². The van der Waals surface area contributed by atoms with Gasteiger partial charge in [-0.25, -0.2) is 4.79 Å². The quantitative estimate of drug-likeness (QED) is 0.773. The van der Waals surface area contributed by atoms with Crippen LogP contribution in [0.5, 0.6) is 0 Å². The van der Waals surface area contributed by atoms with Crippen molar-refractivity contribution >= 4 is 23.6 Å². The fourth-order valence-electron chi connectivity index (χ4n) is 3.51. The standard InChI is InChI=1S/C18H23N3O4/c1-18(2)13-11-12(5-6-14(13)19(3)16(18)23)15(22)20-7-9-21(10-8-20)17(24)25-4/h5-6,11H,7-10H2,1-4H3. The Morgan fingerprint density at radius 3 is 2.28 bits per heavy atom. The summed E-state index contributed by atoms with van der Waals surface area (Å²) in [6.07, 6.45) is -0.368. The predicted octanol–water partition coefficient (Wildman–Crippen LogP) is 1.46. The maximum Gasteiger partial charge on any atom is 0.409 e. The highest BCUT2D eigenvalue weighted by Gasteiger charge is 2.42. The summed E-state index contributed by atoms with van der Waals surface area (Å²) in [5, 5.41) is 0. The smallest absolute Gasteiger partial charge is 0.409 e. The number of nitrogens with zero attached hydrogens (tertiary/aromatic N) is 3. The lowest BCUT2D eigenvalue weighted by Crippen LogP contribution is -2.50. The summed E-state index contributed by atoms with van der Waals surface area (Å²) in [6.45, 7) is 5.59. The maximum absolute atomic E-state index is 12.8. The SMILES string of the molecule is COC(=O)N1CCN(C(=O)c2ccc3c(c2)C(C)(C)C(=O)N3C)CC1. The molecule has 0 bridgehead atoms. The number of hydrogen-bond donors (Lipinski definition) is 0. The van der Waals surface area contributed by atoms with Crippen molar-refractivity contribution in [2.75, 3.05) is 45.2 Å². The molecule has 1 aromatic carbocycles. The number of anilines is 1. The minimum atomic E-state index is -0.635. The zero-order valence-electron chi connectivity index (χ0n) is 15.0. The van der Waals surface area contributed by atoms with Crippen LogP contribution in [0.25, 0.3) is 0 Å². The summed E-state index contributed by atoms with van der Waals surface area (Å²) >= 11 is 0. The van der Waals surface area contributed by atoms with E-state index in [1.165, 1.54) is 7.11 Å². The van der Waals surface area contributed by atoms with Crippen LogP contribution in [0.1, 0.15) is 29.8 Å². The van der Waals surface area contributed by atoms with Gasteiger partial charge in [-0.3, -0.25) is 9.59 Å². The summed E-state index contributed by atoms with van der Waals surface area (Å²) in [5.41, 5.74) is 1.66. The van der Waals surface area contributed by atoms with Crippen molar-refractivity contribution in [1.82, 2.24) is 9.80 Å².